The summed E-state index contributed by atoms with van der Waals surface area (Å²) in [6.07, 6.45) is 1.81. The van der Waals surface area contributed by atoms with Gasteiger partial charge in [0.05, 0.1) is 0 Å². The van der Waals surface area contributed by atoms with Crippen molar-refractivity contribution >= 4 is 11.7 Å². The van der Waals surface area contributed by atoms with Gasteiger partial charge in [0, 0.05) is 37.3 Å². The van der Waals surface area contributed by atoms with E-state index in [-0.39, 0.29) is 11.7 Å². The van der Waals surface area contributed by atoms with Gasteiger partial charge in [0.25, 0.3) is 5.91 Å². The van der Waals surface area contributed by atoms with E-state index < -0.39 is 0 Å². The number of piperazine rings is 1. The zero-order chi connectivity index (χ0) is 13.8. The molecule has 1 aliphatic rings. The van der Waals surface area contributed by atoms with Crippen molar-refractivity contribution in [3.05, 3.63) is 48.2 Å². The highest BCUT2D eigenvalue weighted by Gasteiger charge is 2.20. The summed E-state index contributed by atoms with van der Waals surface area (Å²) < 4.78 is 0. The van der Waals surface area contributed by atoms with Gasteiger partial charge in [-0.1, -0.05) is 18.7 Å². The fraction of sp³-hybridized carbons (Fsp3) is 0.286. The fourth-order valence-electron chi connectivity index (χ4n) is 2.08. The van der Waals surface area contributed by atoms with E-state index in [0.717, 1.165) is 13.1 Å². The first kappa shape index (κ1) is 13.1. The lowest BCUT2D eigenvalue weighted by Gasteiger charge is -2.34. The number of carbonyl (C=O) groups is 1. The number of nitrogen functional groups attached to an aromatic ring is 1. The molecule has 1 aliphatic heterocycles. The first-order valence-corrected chi connectivity index (χ1v) is 6.22. The molecule has 1 heterocycles. The van der Waals surface area contributed by atoms with Crippen LogP contribution in [-0.2, 0) is 0 Å². The van der Waals surface area contributed by atoms with Crippen molar-refractivity contribution in [1.82, 2.24) is 9.80 Å². The molecule has 1 aromatic rings. The van der Waals surface area contributed by atoms with Crippen LogP contribution >= 0.6 is 0 Å². The van der Waals surface area contributed by atoms with Crippen LogP contribution in [0.2, 0.25) is 0 Å². The third-order valence-corrected chi connectivity index (χ3v) is 3.30. The third kappa shape index (κ3) is 2.93. The second-order valence-electron chi connectivity index (χ2n) is 4.50. The Morgan fingerprint density at radius 3 is 2.16 bits per heavy atom. The average molecular weight is 258 g/mol. The van der Waals surface area contributed by atoms with Gasteiger partial charge in [-0.25, -0.2) is 0 Å². The summed E-state index contributed by atoms with van der Waals surface area (Å²) in [4.78, 5) is 16.2. The van der Waals surface area contributed by atoms with Crippen LogP contribution in [0.5, 0.6) is 0 Å². The van der Waals surface area contributed by atoms with Gasteiger partial charge in [0.2, 0.25) is 0 Å². The summed E-state index contributed by atoms with van der Waals surface area (Å²) >= 11 is 0. The number of nitrogens with one attached hydrogen (secondary N) is 1. The Hall–Kier alpha value is -2.30. The summed E-state index contributed by atoms with van der Waals surface area (Å²) in [6.45, 7) is 6.78. The van der Waals surface area contributed by atoms with Crippen molar-refractivity contribution in [3.8, 4) is 0 Å². The van der Waals surface area contributed by atoms with Gasteiger partial charge in [0.1, 0.15) is 5.84 Å². The number of carbonyl (C=O) groups excluding carboxylic acids is 1. The number of rotatable bonds is 3. The molecule has 0 aromatic heterocycles. The van der Waals surface area contributed by atoms with Gasteiger partial charge < -0.3 is 15.5 Å². The Morgan fingerprint density at radius 2 is 1.68 bits per heavy atom. The van der Waals surface area contributed by atoms with Gasteiger partial charge in [-0.3, -0.25) is 10.2 Å². The second-order valence-corrected chi connectivity index (χ2v) is 4.50. The normalized spacial score (nSPS) is 15.2. The standard InChI is InChI=1S/C14H18N4O/c1-2-17-7-9-18(10-8-17)14(19)12-5-3-11(4-6-12)13(15)16/h2-6H,1,7-10H2,(H3,15,16). The molecule has 1 aromatic carbocycles. The zero-order valence-electron chi connectivity index (χ0n) is 10.8. The quantitative estimate of drug-likeness (QED) is 0.624. The predicted octanol–water partition coefficient (Wildman–Crippen LogP) is 0.872. The molecule has 0 bridgehead atoms. The van der Waals surface area contributed by atoms with Crippen molar-refractivity contribution in [2.45, 2.75) is 0 Å². The van der Waals surface area contributed by atoms with Crippen molar-refractivity contribution in [1.29, 1.82) is 5.41 Å². The molecule has 1 fully saturated rings. The number of hydrogen-bond acceptors (Lipinski definition) is 3. The predicted molar refractivity (Wildman–Crippen MR) is 75.1 cm³/mol. The molecular weight excluding hydrogens is 240 g/mol. The van der Waals surface area contributed by atoms with Gasteiger partial charge in [-0.2, -0.15) is 0 Å². The van der Waals surface area contributed by atoms with Gasteiger partial charge in [-0.05, 0) is 18.3 Å². The molecule has 0 aliphatic carbocycles. The smallest absolute Gasteiger partial charge is 0.253 e. The monoisotopic (exact) mass is 258 g/mol. The number of nitrogens with zero attached hydrogens (tertiary/aromatic N) is 2. The van der Waals surface area contributed by atoms with Crippen LogP contribution in [0.1, 0.15) is 15.9 Å². The maximum absolute atomic E-state index is 12.3. The minimum Gasteiger partial charge on any atom is -0.384 e. The highest BCUT2D eigenvalue weighted by Crippen LogP contribution is 2.10. The third-order valence-electron chi connectivity index (χ3n) is 3.30. The van der Waals surface area contributed by atoms with Crippen molar-refractivity contribution < 1.29 is 4.79 Å². The van der Waals surface area contributed by atoms with E-state index in [1.54, 1.807) is 24.3 Å². The van der Waals surface area contributed by atoms with Crippen LogP contribution in [0.4, 0.5) is 0 Å². The molecule has 0 atom stereocenters. The highest BCUT2D eigenvalue weighted by atomic mass is 16.2. The summed E-state index contributed by atoms with van der Waals surface area (Å²) in [5.41, 5.74) is 6.65. The minimum atomic E-state index is 0.0126. The summed E-state index contributed by atoms with van der Waals surface area (Å²) in [7, 11) is 0. The van der Waals surface area contributed by atoms with Crippen LogP contribution < -0.4 is 5.73 Å². The number of hydrogen-bond donors (Lipinski definition) is 2. The molecule has 0 unspecified atom stereocenters. The van der Waals surface area contributed by atoms with E-state index >= 15 is 0 Å². The molecule has 0 spiro atoms. The Bertz CT molecular complexity index is 487. The molecule has 0 radical (unpaired) electrons. The van der Waals surface area contributed by atoms with Crippen LogP contribution in [0.25, 0.3) is 0 Å². The van der Waals surface area contributed by atoms with E-state index in [1.165, 1.54) is 0 Å². The van der Waals surface area contributed by atoms with Gasteiger partial charge in [-0.15, -0.1) is 0 Å². The highest BCUT2D eigenvalue weighted by molar-refractivity contribution is 5.98. The SMILES string of the molecule is C=CN1CCN(C(=O)c2ccc(C(=N)N)cc2)CC1. The Balaban J connectivity index is 2.04. The zero-order valence-corrected chi connectivity index (χ0v) is 10.8. The molecule has 19 heavy (non-hydrogen) atoms. The van der Waals surface area contributed by atoms with Crippen LogP contribution in [0.3, 0.4) is 0 Å². The first-order valence-electron chi connectivity index (χ1n) is 6.22. The lowest BCUT2D eigenvalue weighted by Crippen LogP contribution is -2.46. The number of benzene rings is 1. The van der Waals surface area contributed by atoms with Crippen LogP contribution in [-0.4, -0.2) is 47.7 Å². The first-order chi connectivity index (χ1) is 9.11. The Kier molecular flexibility index (Phi) is 3.85. The largest absolute Gasteiger partial charge is 0.384 e. The molecule has 5 nitrogen and oxygen atoms in total. The van der Waals surface area contributed by atoms with E-state index in [1.807, 2.05) is 11.1 Å². The molecule has 2 rings (SSSR count). The molecular formula is C14H18N4O. The minimum absolute atomic E-state index is 0.0126. The summed E-state index contributed by atoms with van der Waals surface area (Å²) in [5.74, 6) is 0.0393. The van der Waals surface area contributed by atoms with E-state index in [4.69, 9.17) is 11.1 Å². The van der Waals surface area contributed by atoms with E-state index in [9.17, 15) is 4.79 Å². The van der Waals surface area contributed by atoms with E-state index in [2.05, 4.69) is 11.5 Å². The molecule has 5 heteroatoms. The fourth-order valence-corrected chi connectivity index (χ4v) is 2.08. The molecule has 0 saturated carbocycles. The van der Waals surface area contributed by atoms with Gasteiger partial charge in [0.15, 0.2) is 0 Å². The Labute approximate surface area is 112 Å². The van der Waals surface area contributed by atoms with Crippen molar-refractivity contribution in [3.63, 3.8) is 0 Å². The maximum Gasteiger partial charge on any atom is 0.253 e. The summed E-state index contributed by atoms with van der Waals surface area (Å²) in [6, 6.07) is 6.85. The van der Waals surface area contributed by atoms with Crippen LogP contribution in [0.15, 0.2) is 37.0 Å². The lowest BCUT2D eigenvalue weighted by atomic mass is 10.1. The second kappa shape index (κ2) is 5.56. The van der Waals surface area contributed by atoms with Crippen molar-refractivity contribution in [2.24, 2.45) is 5.73 Å². The van der Waals surface area contributed by atoms with E-state index in [0.29, 0.717) is 24.2 Å². The number of amidine groups is 1. The van der Waals surface area contributed by atoms with Crippen LogP contribution in [0, 0.1) is 5.41 Å². The molecule has 1 saturated heterocycles. The molecule has 1 amide bonds. The lowest BCUT2D eigenvalue weighted by molar-refractivity contribution is 0.0679. The van der Waals surface area contributed by atoms with Gasteiger partial charge >= 0.3 is 0 Å². The molecule has 100 valence electrons. The Morgan fingerprint density at radius 1 is 1.16 bits per heavy atom. The summed E-state index contributed by atoms with van der Waals surface area (Å²) in [5, 5.41) is 7.32. The maximum atomic E-state index is 12.3. The number of nitrogens with two attached hydrogens (primary N) is 1. The average Bonchev–Trinajstić information content (AvgIpc) is 2.46. The topological polar surface area (TPSA) is 73.4 Å². The molecule has 3 N–H and O–H groups in total. The van der Waals surface area contributed by atoms with Crippen molar-refractivity contribution in [2.75, 3.05) is 26.2 Å². The number of amides is 1.